The van der Waals surface area contributed by atoms with Crippen molar-refractivity contribution in [1.82, 2.24) is 9.55 Å². The van der Waals surface area contributed by atoms with Crippen LogP contribution in [0.3, 0.4) is 0 Å². The molecule has 0 N–H and O–H groups in total. The highest BCUT2D eigenvalue weighted by Gasteiger charge is 2.60. The van der Waals surface area contributed by atoms with Crippen molar-refractivity contribution in [3.8, 4) is 16.8 Å². The Hall–Kier alpha value is -3.06. The fourth-order valence-electron chi connectivity index (χ4n) is 2.79. The van der Waals surface area contributed by atoms with Crippen LogP contribution in [0.1, 0.15) is 16.7 Å². The van der Waals surface area contributed by atoms with Crippen molar-refractivity contribution in [2.24, 2.45) is 0 Å². The van der Waals surface area contributed by atoms with Gasteiger partial charge in [0.1, 0.15) is 16.6 Å². The van der Waals surface area contributed by atoms with E-state index in [1.165, 1.54) is 17.6 Å². The molecule has 0 unspecified atom stereocenters. The number of halogens is 5. The molecule has 0 bridgehead atoms. The zero-order chi connectivity index (χ0) is 21.2. The molecule has 0 aliphatic carbocycles. The maximum Gasteiger partial charge on any atom is 0.458 e. The van der Waals surface area contributed by atoms with Gasteiger partial charge in [0.15, 0.2) is 0 Å². The summed E-state index contributed by atoms with van der Waals surface area (Å²) in [6, 6.07) is 10.7. The van der Waals surface area contributed by atoms with E-state index in [4.69, 9.17) is 0 Å². The van der Waals surface area contributed by atoms with Gasteiger partial charge in [0.25, 0.3) is 5.56 Å². The summed E-state index contributed by atoms with van der Waals surface area (Å²) in [5.74, 6) is -5.36. The standard InChI is InChI=1S/C19H12F5N3OS/c20-18(21,19(22,23)24)14-10-15(16-26-7-9-29-16)27(17(28)13(14)11-25)8-6-12-4-2-1-3-5-12/h1-5,7,9-10H,6,8H2. The normalized spacial score (nSPS) is 12.0. The van der Waals surface area contributed by atoms with Crippen LogP contribution in [0.15, 0.2) is 52.8 Å². The van der Waals surface area contributed by atoms with E-state index in [2.05, 4.69) is 4.98 Å². The molecular formula is C19H12F5N3OS. The third-order valence-corrected chi connectivity index (χ3v) is 5.02. The maximum absolute atomic E-state index is 14.1. The van der Waals surface area contributed by atoms with E-state index in [1.54, 1.807) is 30.3 Å². The lowest BCUT2D eigenvalue weighted by Crippen LogP contribution is -2.38. The molecule has 3 aromatic rings. The van der Waals surface area contributed by atoms with Gasteiger partial charge in [-0.15, -0.1) is 11.3 Å². The fraction of sp³-hybridized carbons (Fsp3) is 0.211. The van der Waals surface area contributed by atoms with Gasteiger partial charge in [-0.2, -0.15) is 27.2 Å². The van der Waals surface area contributed by atoms with Crippen LogP contribution in [-0.4, -0.2) is 15.7 Å². The largest absolute Gasteiger partial charge is 0.458 e. The monoisotopic (exact) mass is 425 g/mol. The number of rotatable bonds is 5. The van der Waals surface area contributed by atoms with Gasteiger partial charge in [0.05, 0.1) is 11.3 Å². The average molecular weight is 425 g/mol. The van der Waals surface area contributed by atoms with E-state index in [1.807, 2.05) is 0 Å². The van der Waals surface area contributed by atoms with Crippen molar-refractivity contribution in [3.63, 3.8) is 0 Å². The van der Waals surface area contributed by atoms with E-state index in [0.29, 0.717) is 12.5 Å². The maximum atomic E-state index is 14.1. The molecule has 2 heterocycles. The Morgan fingerprint density at radius 3 is 2.38 bits per heavy atom. The van der Waals surface area contributed by atoms with Gasteiger partial charge in [-0.3, -0.25) is 4.79 Å². The SMILES string of the molecule is N#Cc1c(C(F)(F)C(F)(F)F)cc(-c2nccs2)n(CCc2ccccc2)c1=O. The summed E-state index contributed by atoms with van der Waals surface area (Å²) in [7, 11) is 0. The van der Waals surface area contributed by atoms with Crippen molar-refractivity contribution >= 4 is 11.3 Å². The van der Waals surface area contributed by atoms with Gasteiger partial charge >= 0.3 is 12.1 Å². The first-order valence-electron chi connectivity index (χ1n) is 8.23. The molecule has 0 aliphatic rings. The van der Waals surface area contributed by atoms with Crippen LogP contribution in [-0.2, 0) is 18.9 Å². The number of thiazole rings is 1. The molecule has 3 rings (SSSR count). The molecule has 0 radical (unpaired) electrons. The molecule has 150 valence electrons. The van der Waals surface area contributed by atoms with Gasteiger partial charge in [0.2, 0.25) is 0 Å². The summed E-state index contributed by atoms with van der Waals surface area (Å²) in [5, 5.41) is 10.8. The molecule has 0 spiro atoms. The highest BCUT2D eigenvalue weighted by atomic mass is 32.1. The molecule has 2 aromatic heterocycles. The van der Waals surface area contributed by atoms with Crippen LogP contribution in [0.5, 0.6) is 0 Å². The lowest BCUT2D eigenvalue weighted by molar-refractivity contribution is -0.289. The van der Waals surface area contributed by atoms with E-state index in [9.17, 15) is 32.0 Å². The number of nitriles is 1. The molecule has 0 fully saturated rings. The van der Waals surface area contributed by atoms with Crippen molar-refractivity contribution in [2.45, 2.75) is 25.1 Å². The number of nitrogens with zero attached hydrogens (tertiary/aromatic N) is 3. The molecule has 0 aliphatic heterocycles. The average Bonchev–Trinajstić information content (AvgIpc) is 3.20. The van der Waals surface area contributed by atoms with E-state index in [-0.39, 0.29) is 17.2 Å². The molecule has 10 heteroatoms. The van der Waals surface area contributed by atoms with Gasteiger partial charge in [-0.05, 0) is 18.1 Å². The summed E-state index contributed by atoms with van der Waals surface area (Å²) < 4.78 is 67.9. The van der Waals surface area contributed by atoms with Crippen LogP contribution in [0.2, 0.25) is 0 Å². The highest BCUT2D eigenvalue weighted by Crippen LogP contribution is 2.45. The second-order valence-electron chi connectivity index (χ2n) is 6.03. The Balaban J connectivity index is 2.21. The minimum atomic E-state index is -5.96. The zero-order valence-electron chi connectivity index (χ0n) is 14.6. The number of aromatic nitrogens is 2. The van der Waals surface area contributed by atoms with Gasteiger partial charge in [-0.1, -0.05) is 30.3 Å². The first-order valence-corrected chi connectivity index (χ1v) is 9.11. The highest BCUT2D eigenvalue weighted by molar-refractivity contribution is 7.13. The zero-order valence-corrected chi connectivity index (χ0v) is 15.4. The third kappa shape index (κ3) is 3.91. The Kier molecular flexibility index (Phi) is 5.53. The lowest BCUT2D eigenvalue weighted by atomic mass is 10.0. The molecule has 0 saturated heterocycles. The number of hydrogen-bond donors (Lipinski definition) is 0. The number of aryl methyl sites for hydroxylation is 1. The Morgan fingerprint density at radius 2 is 1.83 bits per heavy atom. The summed E-state index contributed by atoms with van der Waals surface area (Å²) in [5.41, 5.74) is -3.49. The number of hydrogen-bond acceptors (Lipinski definition) is 4. The quantitative estimate of drug-likeness (QED) is 0.555. The minimum Gasteiger partial charge on any atom is -0.304 e. The van der Waals surface area contributed by atoms with Gasteiger partial charge in [0, 0.05) is 18.1 Å². The topological polar surface area (TPSA) is 58.7 Å². The van der Waals surface area contributed by atoms with Crippen LogP contribution < -0.4 is 5.56 Å². The summed E-state index contributed by atoms with van der Waals surface area (Å²) in [6.07, 6.45) is -4.31. The number of alkyl halides is 5. The van der Waals surface area contributed by atoms with E-state index in [0.717, 1.165) is 21.5 Å². The van der Waals surface area contributed by atoms with Gasteiger partial charge in [-0.25, -0.2) is 4.98 Å². The summed E-state index contributed by atoms with van der Waals surface area (Å²) in [4.78, 5) is 16.7. The van der Waals surface area contributed by atoms with E-state index < -0.39 is 28.8 Å². The first-order chi connectivity index (χ1) is 13.7. The molecule has 4 nitrogen and oxygen atoms in total. The molecular weight excluding hydrogens is 413 g/mol. The minimum absolute atomic E-state index is 0.0235. The summed E-state index contributed by atoms with van der Waals surface area (Å²) in [6.45, 7) is -0.0235. The lowest BCUT2D eigenvalue weighted by Gasteiger charge is -2.22. The van der Waals surface area contributed by atoms with Crippen LogP contribution >= 0.6 is 11.3 Å². The third-order valence-electron chi connectivity index (χ3n) is 4.22. The molecule has 0 amide bonds. The summed E-state index contributed by atoms with van der Waals surface area (Å²) >= 11 is 0.981. The van der Waals surface area contributed by atoms with Crippen LogP contribution in [0, 0.1) is 11.3 Å². The van der Waals surface area contributed by atoms with Crippen molar-refractivity contribution < 1.29 is 22.0 Å². The van der Waals surface area contributed by atoms with Crippen molar-refractivity contribution in [3.05, 3.63) is 75.0 Å². The molecule has 1 aromatic carbocycles. The van der Waals surface area contributed by atoms with Crippen molar-refractivity contribution in [2.75, 3.05) is 0 Å². The fourth-order valence-corrected chi connectivity index (χ4v) is 3.45. The second-order valence-corrected chi connectivity index (χ2v) is 6.93. The van der Waals surface area contributed by atoms with Crippen LogP contribution in [0.4, 0.5) is 22.0 Å². The molecule has 29 heavy (non-hydrogen) atoms. The Morgan fingerprint density at radius 1 is 1.14 bits per heavy atom. The Labute approximate surface area is 165 Å². The Bertz CT molecular complexity index is 1100. The molecule has 0 saturated carbocycles. The van der Waals surface area contributed by atoms with Crippen molar-refractivity contribution in [1.29, 1.82) is 5.26 Å². The predicted octanol–water partition coefficient (Wildman–Crippen LogP) is 4.74. The smallest absolute Gasteiger partial charge is 0.304 e. The molecule has 0 atom stereocenters. The number of benzene rings is 1. The predicted molar refractivity (Wildman–Crippen MR) is 96.6 cm³/mol. The van der Waals surface area contributed by atoms with Crippen LogP contribution in [0.25, 0.3) is 10.7 Å². The second kappa shape index (κ2) is 7.75. The van der Waals surface area contributed by atoms with E-state index >= 15 is 0 Å². The van der Waals surface area contributed by atoms with Gasteiger partial charge < -0.3 is 4.57 Å². The first kappa shape index (κ1) is 20.7. The number of pyridine rings is 1.